The molecule has 1 aliphatic rings. The number of nitrogens with one attached hydrogen (secondary N) is 1. The van der Waals surface area contributed by atoms with E-state index in [2.05, 4.69) is 5.32 Å². The second-order valence-electron chi connectivity index (χ2n) is 8.86. The summed E-state index contributed by atoms with van der Waals surface area (Å²) in [7, 11) is 1.62. The predicted molar refractivity (Wildman–Crippen MR) is 130 cm³/mol. The lowest BCUT2D eigenvalue weighted by molar-refractivity contribution is -0.132. The van der Waals surface area contributed by atoms with Gasteiger partial charge in [-0.1, -0.05) is 74.6 Å². The van der Waals surface area contributed by atoms with Gasteiger partial charge in [-0.05, 0) is 42.0 Å². The minimum absolute atomic E-state index is 0.0711. The lowest BCUT2D eigenvalue weighted by Gasteiger charge is -2.28. The highest BCUT2D eigenvalue weighted by atomic mass is 16.7. The van der Waals surface area contributed by atoms with Crippen LogP contribution < -0.4 is 15.8 Å². The van der Waals surface area contributed by atoms with Gasteiger partial charge in [0.1, 0.15) is 12.4 Å². The Bertz CT molecular complexity index is 899. The molecule has 3 N–H and O–H groups in total. The number of nitrogens with two attached hydrogens (primary N) is 1. The summed E-state index contributed by atoms with van der Waals surface area (Å²) in [6.07, 6.45) is 5.04. The van der Waals surface area contributed by atoms with E-state index in [9.17, 15) is 9.59 Å². The maximum atomic E-state index is 13.0. The van der Waals surface area contributed by atoms with Crippen LogP contribution in [0.25, 0.3) is 0 Å². The van der Waals surface area contributed by atoms with Crippen molar-refractivity contribution in [3.05, 3.63) is 65.7 Å². The van der Waals surface area contributed by atoms with Gasteiger partial charge in [-0.25, -0.2) is 4.79 Å². The summed E-state index contributed by atoms with van der Waals surface area (Å²) in [4.78, 5) is 25.4. The van der Waals surface area contributed by atoms with Crippen LogP contribution in [0.1, 0.15) is 49.7 Å². The predicted octanol–water partition coefficient (Wildman–Crippen LogP) is 4.37. The van der Waals surface area contributed by atoms with Gasteiger partial charge in [-0.2, -0.15) is 0 Å². The topological polar surface area (TPSA) is 99.9 Å². The number of carbonyl (C=O) groups excluding carboxylic acids is 2. The molecule has 34 heavy (non-hydrogen) atoms. The van der Waals surface area contributed by atoms with Crippen molar-refractivity contribution in [3.8, 4) is 5.75 Å². The molecule has 1 amide bonds. The third kappa shape index (κ3) is 8.37. The van der Waals surface area contributed by atoms with Gasteiger partial charge in [0.2, 0.25) is 0 Å². The van der Waals surface area contributed by atoms with Crippen LogP contribution in [-0.4, -0.2) is 37.9 Å². The molecule has 7 heteroatoms. The molecule has 1 fully saturated rings. The SMILES string of the molecule is COc1cccc(CCNC(=O)C(OC(=O)OCc2ccccc2)[C@H](N)CC2CCCCC2)c1. The molecular weight excluding hydrogens is 432 g/mol. The molecule has 0 bridgehead atoms. The smallest absolute Gasteiger partial charge is 0.497 e. The number of ether oxygens (including phenoxy) is 3. The molecule has 0 aliphatic heterocycles. The largest absolute Gasteiger partial charge is 0.509 e. The Morgan fingerprint density at radius 1 is 1.03 bits per heavy atom. The van der Waals surface area contributed by atoms with E-state index in [4.69, 9.17) is 19.9 Å². The fourth-order valence-corrected chi connectivity index (χ4v) is 4.38. The number of methoxy groups -OCH3 is 1. The lowest BCUT2D eigenvalue weighted by Crippen LogP contribution is -2.50. The Labute approximate surface area is 202 Å². The maximum Gasteiger partial charge on any atom is 0.509 e. The maximum absolute atomic E-state index is 13.0. The molecular formula is C27H36N2O5. The summed E-state index contributed by atoms with van der Waals surface area (Å²) in [6, 6.07) is 16.4. The first-order valence-electron chi connectivity index (χ1n) is 12.1. The summed E-state index contributed by atoms with van der Waals surface area (Å²) >= 11 is 0. The van der Waals surface area contributed by atoms with Crippen LogP contribution in [0, 0.1) is 5.92 Å². The Morgan fingerprint density at radius 3 is 2.50 bits per heavy atom. The second kappa shape index (κ2) is 13.6. The summed E-state index contributed by atoms with van der Waals surface area (Å²) < 4.78 is 15.9. The highest BCUT2D eigenvalue weighted by Gasteiger charge is 2.32. The van der Waals surface area contributed by atoms with Crippen LogP contribution in [0.3, 0.4) is 0 Å². The minimum atomic E-state index is -1.10. The lowest BCUT2D eigenvalue weighted by atomic mass is 9.84. The van der Waals surface area contributed by atoms with Crippen LogP contribution in [0.4, 0.5) is 4.79 Å². The van der Waals surface area contributed by atoms with E-state index < -0.39 is 24.2 Å². The normalized spacial score (nSPS) is 15.7. The number of amides is 1. The van der Waals surface area contributed by atoms with Crippen molar-refractivity contribution < 1.29 is 23.8 Å². The molecule has 2 aromatic rings. The molecule has 7 nitrogen and oxygen atoms in total. The summed E-state index contributed by atoms with van der Waals surface area (Å²) in [5.74, 6) is 0.809. The summed E-state index contributed by atoms with van der Waals surface area (Å²) in [5, 5.41) is 2.87. The number of hydrogen-bond donors (Lipinski definition) is 2. The van der Waals surface area contributed by atoms with Crippen molar-refractivity contribution in [2.75, 3.05) is 13.7 Å². The van der Waals surface area contributed by atoms with Gasteiger partial charge < -0.3 is 25.3 Å². The zero-order valence-electron chi connectivity index (χ0n) is 19.9. The van der Waals surface area contributed by atoms with Crippen molar-refractivity contribution >= 4 is 12.1 Å². The molecule has 0 spiro atoms. The summed E-state index contributed by atoms with van der Waals surface area (Å²) in [5.41, 5.74) is 8.29. The van der Waals surface area contributed by atoms with Crippen molar-refractivity contribution in [3.63, 3.8) is 0 Å². The van der Waals surface area contributed by atoms with Crippen LogP contribution >= 0.6 is 0 Å². The summed E-state index contributed by atoms with van der Waals surface area (Å²) in [6.45, 7) is 0.461. The van der Waals surface area contributed by atoms with Gasteiger partial charge >= 0.3 is 6.16 Å². The highest BCUT2D eigenvalue weighted by molar-refractivity contribution is 5.83. The van der Waals surface area contributed by atoms with E-state index in [1.807, 2.05) is 54.6 Å². The molecule has 0 heterocycles. The van der Waals surface area contributed by atoms with Gasteiger partial charge in [-0.3, -0.25) is 4.79 Å². The number of hydrogen-bond acceptors (Lipinski definition) is 6. The number of carbonyl (C=O) groups is 2. The zero-order chi connectivity index (χ0) is 24.2. The molecule has 0 aromatic heterocycles. The van der Waals surface area contributed by atoms with E-state index in [1.165, 1.54) is 19.3 Å². The molecule has 3 rings (SSSR count). The van der Waals surface area contributed by atoms with Crippen LogP contribution in [0.15, 0.2) is 54.6 Å². The first-order valence-corrected chi connectivity index (χ1v) is 12.1. The second-order valence-corrected chi connectivity index (χ2v) is 8.86. The van der Waals surface area contributed by atoms with E-state index in [-0.39, 0.29) is 6.61 Å². The van der Waals surface area contributed by atoms with E-state index in [1.54, 1.807) is 7.11 Å². The van der Waals surface area contributed by atoms with Gasteiger partial charge in [0.15, 0.2) is 6.10 Å². The molecule has 1 unspecified atom stereocenters. The fourth-order valence-electron chi connectivity index (χ4n) is 4.38. The third-order valence-electron chi connectivity index (χ3n) is 6.25. The molecule has 184 valence electrons. The average molecular weight is 469 g/mol. The first-order chi connectivity index (χ1) is 16.5. The monoisotopic (exact) mass is 468 g/mol. The number of benzene rings is 2. The zero-order valence-corrected chi connectivity index (χ0v) is 19.9. The van der Waals surface area contributed by atoms with Gasteiger partial charge in [-0.15, -0.1) is 0 Å². The van der Waals surface area contributed by atoms with E-state index in [0.29, 0.717) is 25.3 Å². The average Bonchev–Trinajstić information content (AvgIpc) is 2.87. The van der Waals surface area contributed by atoms with Crippen molar-refractivity contribution in [2.45, 2.75) is 63.7 Å². The molecule has 0 saturated heterocycles. The number of rotatable bonds is 11. The molecule has 0 radical (unpaired) electrons. The molecule has 1 aliphatic carbocycles. The Balaban J connectivity index is 1.56. The van der Waals surface area contributed by atoms with Crippen LogP contribution in [0.5, 0.6) is 5.75 Å². The quantitative estimate of drug-likeness (QED) is 0.475. The highest BCUT2D eigenvalue weighted by Crippen LogP contribution is 2.28. The van der Waals surface area contributed by atoms with Gasteiger partial charge in [0, 0.05) is 6.54 Å². The van der Waals surface area contributed by atoms with Gasteiger partial charge in [0.25, 0.3) is 5.91 Å². The van der Waals surface area contributed by atoms with E-state index >= 15 is 0 Å². The van der Waals surface area contributed by atoms with Crippen molar-refractivity contribution in [1.29, 1.82) is 0 Å². The van der Waals surface area contributed by atoms with Crippen molar-refractivity contribution in [1.82, 2.24) is 5.32 Å². The van der Waals surface area contributed by atoms with Gasteiger partial charge in [0.05, 0.1) is 13.2 Å². The Kier molecular flexibility index (Phi) is 10.2. The molecule has 2 aromatic carbocycles. The first kappa shape index (κ1) is 25.6. The van der Waals surface area contributed by atoms with Crippen LogP contribution in [0.2, 0.25) is 0 Å². The molecule has 2 atom stereocenters. The van der Waals surface area contributed by atoms with Crippen LogP contribution in [-0.2, 0) is 27.3 Å². The van der Waals surface area contributed by atoms with E-state index in [0.717, 1.165) is 29.7 Å². The standard InChI is InChI=1S/C27H36N2O5/c1-32-23-14-8-13-21(17-23)15-16-29-26(30)25(24(28)18-20-9-4-2-5-10-20)34-27(31)33-19-22-11-6-3-7-12-22/h3,6-8,11-14,17,20,24-25H,2,4-5,9-10,15-16,18-19,28H2,1H3,(H,29,30)/t24-,25?/m1/s1. The van der Waals surface area contributed by atoms with Crippen molar-refractivity contribution in [2.24, 2.45) is 11.7 Å². The third-order valence-corrected chi connectivity index (χ3v) is 6.25. The Morgan fingerprint density at radius 2 is 1.76 bits per heavy atom. The minimum Gasteiger partial charge on any atom is -0.497 e. The molecule has 1 saturated carbocycles. The Hall–Kier alpha value is -3.06. The fraction of sp³-hybridized carbons (Fsp3) is 0.481.